The average molecular weight is 291 g/mol. The van der Waals surface area contributed by atoms with Crippen LogP contribution < -0.4 is 0 Å². The summed E-state index contributed by atoms with van der Waals surface area (Å²) in [7, 11) is 1.98. The van der Waals surface area contributed by atoms with Crippen molar-refractivity contribution in [3.8, 4) is 0 Å². The number of halogens is 1. The Hall–Kier alpha value is -1.42. The van der Waals surface area contributed by atoms with E-state index >= 15 is 0 Å². The van der Waals surface area contributed by atoms with E-state index in [-0.39, 0.29) is 0 Å². The van der Waals surface area contributed by atoms with Crippen LogP contribution in [0.15, 0.2) is 42.6 Å². The molecule has 0 amide bonds. The first-order valence-electron chi connectivity index (χ1n) is 6.58. The van der Waals surface area contributed by atoms with E-state index in [2.05, 4.69) is 9.88 Å². The molecule has 1 aromatic heterocycles. The third-order valence-corrected chi connectivity index (χ3v) is 3.41. The summed E-state index contributed by atoms with van der Waals surface area (Å²) in [5, 5.41) is 10.7. The van der Waals surface area contributed by atoms with Crippen LogP contribution in [0.4, 0.5) is 0 Å². The molecule has 1 atom stereocenters. The van der Waals surface area contributed by atoms with Gasteiger partial charge < -0.3 is 5.11 Å². The fourth-order valence-electron chi connectivity index (χ4n) is 2.07. The molecule has 2 aromatic rings. The predicted octanol–water partition coefficient (Wildman–Crippen LogP) is 3.21. The molecule has 1 aromatic carbocycles. The Balaban J connectivity index is 1.92. The van der Waals surface area contributed by atoms with Gasteiger partial charge in [-0.3, -0.25) is 4.90 Å². The first-order valence-corrected chi connectivity index (χ1v) is 6.96. The number of likely N-dealkylation sites (N-methyl/N-ethyl adjacent to an activating group) is 1. The number of hydrogen-bond donors (Lipinski definition) is 1. The second-order valence-corrected chi connectivity index (χ2v) is 5.50. The van der Waals surface area contributed by atoms with Crippen molar-refractivity contribution in [2.45, 2.75) is 19.6 Å². The van der Waals surface area contributed by atoms with Crippen LogP contribution in [0.1, 0.15) is 22.8 Å². The summed E-state index contributed by atoms with van der Waals surface area (Å²) in [5.41, 5.74) is 3.21. The number of rotatable bonds is 5. The molecule has 1 N–H and O–H groups in total. The summed E-state index contributed by atoms with van der Waals surface area (Å²) in [6.07, 6.45) is 1.28. The number of pyridine rings is 1. The van der Waals surface area contributed by atoms with Gasteiger partial charge in [0.15, 0.2) is 0 Å². The molecule has 0 aliphatic heterocycles. The van der Waals surface area contributed by atoms with Crippen LogP contribution in [-0.4, -0.2) is 28.6 Å². The SMILES string of the molecule is Cc1ccc(C(O)CN(C)Cc2ccc(Cl)nc2)cc1. The summed E-state index contributed by atoms with van der Waals surface area (Å²) in [5.74, 6) is 0. The normalized spacial score (nSPS) is 12.7. The standard InChI is InChI=1S/C16H19ClN2O/c1-12-3-6-14(7-4-12)15(20)11-19(2)10-13-5-8-16(17)18-9-13/h3-9,15,20H,10-11H2,1-2H3. The molecule has 2 rings (SSSR count). The van der Waals surface area contributed by atoms with Crippen LogP contribution >= 0.6 is 11.6 Å². The van der Waals surface area contributed by atoms with Crippen molar-refractivity contribution < 1.29 is 5.11 Å². The summed E-state index contributed by atoms with van der Waals surface area (Å²) in [6, 6.07) is 11.7. The fourth-order valence-corrected chi connectivity index (χ4v) is 2.18. The van der Waals surface area contributed by atoms with E-state index in [1.165, 1.54) is 5.56 Å². The zero-order valence-electron chi connectivity index (χ0n) is 11.8. The molecule has 0 radical (unpaired) electrons. The molecular weight excluding hydrogens is 272 g/mol. The van der Waals surface area contributed by atoms with Gasteiger partial charge in [-0.15, -0.1) is 0 Å². The van der Waals surface area contributed by atoms with Gasteiger partial charge in [-0.2, -0.15) is 0 Å². The highest BCUT2D eigenvalue weighted by Gasteiger charge is 2.11. The zero-order chi connectivity index (χ0) is 14.5. The van der Waals surface area contributed by atoms with E-state index in [1.54, 1.807) is 12.3 Å². The lowest BCUT2D eigenvalue weighted by molar-refractivity contribution is 0.124. The summed E-state index contributed by atoms with van der Waals surface area (Å²) in [6.45, 7) is 3.34. The van der Waals surface area contributed by atoms with Gasteiger partial charge in [0.25, 0.3) is 0 Å². The van der Waals surface area contributed by atoms with Crippen molar-refractivity contribution in [3.05, 3.63) is 64.4 Å². The monoisotopic (exact) mass is 290 g/mol. The predicted molar refractivity (Wildman–Crippen MR) is 81.7 cm³/mol. The van der Waals surface area contributed by atoms with Gasteiger partial charge in [0, 0.05) is 19.3 Å². The van der Waals surface area contributed by atoms with Crippen molar-refractivity contribution >= 4 is 11.6 Å². The third-order valence-electron chi connectivity index (χ3n) is 3.19. The molecule has 0 fully saturated rings. The molecule has 0 saturated heterocycles. The number of benzene rings is 1. The van der Waals surface area contributed by atoms with Gasteiger partial charge >= 0.3 is 0 Å². The highest BCUT2D eigenvalue weighted by molar-refractivity contribution is 6.29. The molecule has 106 valence electrons. The van der Waals surface area contributed by atoms with Gasteiger partial charge in [0.05, 0.1) is 6.10 Å². The lowest BCUT2D eigenvalue weighted by Crippen LogP contribution is -2.24. The van der Waals surface area contributed by atoms with E-state index < -0.39 is 6.10 Å². The fraction of sp³-hybridized carbons (Fsp3) is 0.312. The maximum absolute atomic E-state index is 10.2. The molecule has 1 unspecified atom stereocenters. The number of hydrogen-bond acceptors (Lipinski definition) is 3. The van der Waals surface area contributed by atoms with Crippen molar-refractivity contribution in [2.75, 3.05) is 13.6 Å². The molecular formula is C16H19ClN2O. The van der Waals surface area contributed by atoms with E-state index in [0.717, 1.165) is 17.7 Å². The topological polar surface area (TPSA) is 36.4 Å². The zero-order valence-corrected chi connectivity index (χ0v) is 12.5. The number of nitrogens with zero attached hydrogens (tertiary/aromatic N) is 2. The van der Waals surface area contributed by atoms with E-state index in [1.807, 2.05) is 44.3 Å². The second-order valence-electron chi connectivity index (χ2n) is 5.11. The minimum atomic E-state index is -0.485. The summed E-state index contributed by atoms with van der Waals surface area (Å²) < 4.78 is 0. The van der Waals surface area contributed by atoms with Crippen LogP contribution in [0.2, 0.25) is 5.15 Å². The summed E-state index contributed by atoms with van der Waals surface area (Å²) in [4.78, 5) is 6.12. The Bertz CT molecular complexity index is 539. The molecule has 3 nitrogen and oxygen atoms in total. The molecule has 0 aliphatic carbocycles. The molecule has 0 spiro atoms. The van der Waals surface area contributed by atoms with Crippen molar-refractivity contribution in [3.63, 3.8) is 0 Å². The first kappa shape index (κ1) is 15.0. The number of aliphatic hydroxyl groups is 1. The van der Waals surface area contributed by atoms with Crippen LogP contribution in [0, 0.1) is 6.92 Å². The molecule has 20 heavy (non-hydrogen) atoms. The molecule has 0 aliphatic rings. The van der Waals surface area contributed by atoms with Crippen LogP contribution in [0.25, 0.3) is 0 Å². The Kier molecular flexibility index (Phi) is 5.12. The Morgan fingerprint density at radius 1 is 1.20 bits per heavy atom. The highest BCUT2D eigenvalue weighted by atomic mass is 35.5. The van der Waals surface area contributed by atoms with Crippen molar-refractivity contribution in [2.24, 2.45) is 0 Å². The minimum absolute atomic E-state index is 0.485. The van der Waals surface area contributed by atoms with Gasteiger partial charge in [-0.1, -0.05) is 47.5 Å². The number of aliphatic hydroxyl groups excluding tert-OH is 1. The number of aromatic nitrogens is 1. The molecule has 4 heteroatoms. The second kappa shape index (κ2) is 6.84. The lowest BCUT2D eigenvalue weighted by atomic mass is 10.1. The van der Waals surface area contributed by atoms with Crippen LogP contribution in [0.3, 0.4) is 0 Å². The van der Waals surface area contributed by atoms with E-state index in [0.29, 0.717) is 11.7 Å². The van der Waals surface area contributed by atoms with Gasteiger partial charge in [-0.25, -0.2) is 4.98 Å². The van der Waals surface area contributed by atoms with Gasteiger partial charge in [0.2, 0.25) is 0 Å². The summed E-state index contributed by atoms with van der Waals surface area (Å²) >= 11 is 5.76. The third kappa shape index (κ3) is 4.30. The Labute approximate surface area is 124 Å². The van der Waals surface area contributed by atoms with Gasteiger partial charge in [-0.05, 0) is 31.2 Å². The first-order chi connectivity index (χ1) is 9.54. The quantitative estimate of drug-likeness (QED) is 0.859. The smallest absolute Gasteiger partial charge is 0.129 e. The number of aryl methyl sites for hydroxylation is 1. The Morgan fingerprint density at radius 2 is 1.90 bits per heavy atom. The average Bonchev–Trinajstić information content (AvgIpc) is 2.42. The van der Waals surface area contributed by atoms with Crippen molar-refractivity contribution in [1.29, 1.82) is 0 Å². The Morgan fingerprint density at radius 3 is 2.50 bits per heavy atom. The maximum Gasteiger partial charge on any atom is 0.129 e. The lowest BCUT2D eigenvalue weighted by Gasteiger charge is -2.20. The van der Waals surface area contributed by atoms with Crippen LogP contribution in [0.5, 0.6) is 0 Å². The molecule has 1 heterocycles. The highest BCUT2D eigenvalue weighted by Crippen LogP contribution is 2.16. The van der Waals surface area contributed by atoms with E-state index in [9.17, 15) is 5.11 Å². The van der Waals surface area contributed by atoms with E-state index in [4.69, 9.17) is 11.6 Å². The maximum atomic E-state index is 10.2. The molecule has 0 saturated carbocycles. The molecule has 0 bridgehead atoms. The van der Waals surface area contributed by atoms with Gasteiger partial charge in [0.1, 0.15) is 5.15 Å². The largest absolute Gasteiger partial charge is 0.387 e. The van der Waals surface area contributed by atoms with Crippen molar-refractivity contribution in [1.82, 2.24) is 9.88 Å². The van der Waals surface area contributed by atoms with Crippen LogP contribution in [-0.2, 0) is 6.54 Å². The minimum Gasteiger partial charge on any atom is -0.387 e.